The Balaban J connectivity index is 1.92. The summed E-state index contributed by atoms with van der Waals surface area (Å²) in [7, 11) is -5.89. The van der Waals surface area contributed by atoms with Crippen LogP contribution >= 0.6 is 7.60 Å². The number of nitrogens with two attached hydrogens (primary N) is 1. The Kier molecular flexibility index (Phi) is 13.6. The molecule has 3 aromatic rings. The molecule has 3 atom stereocenters. The lowest BCUT2D eigenvalue weighted by Gasteiger charge is -2.25. The summed E-state index contributed by atoms with van der Waals surface area (Å²) in [6.07, 6.45) is -2.00. The first-order chi connectivity index (χ1) is 24.6. The van der Waals surface area contributed by atoms with Crippen molar-refractivity contribution in [3.63, 3.8) is 0 Å². The number of carboxylic acids is 2. The highest BCUT2D eigenvalue weighted by molar-refractivity contribution is 7.52. The lowest BCUT2D eigenvalue weighted by atomic mass is 9.99. The van der Waals surface area contributed by atoms with Crippen LogP contribution in [-0.2, 0) is 53.0 Å². The third-order valence-corrected chi connectivity index (χ3v) is 8.72. The zero-order valence-corrected chi connectivity index (χ0v) is 28.1. The van der Waals surface area contributed by atoms with Gasteiger partial charge in [-0.25, -0.2) is 4.79 Å². The number of carbonyl (C=O) groups is 6. The van der Waals surface area contributed by atoms with E-state index in [9.17, 15) is 56.0 Å². The first kappa shape index (κ1) is 41.8. The van der Waals surface area contributed by atoms with Gasteiger partial charge in [-0.15, -0.1) is 0 Å². The quantitative estimate of drug-likeness (QED) is 0.0685. The molecule has 0 fully saturated rings. The Labute approximate surface area is 297 Å². The number of amides is 4. The third-order valence-electron chi connectivity index (χ3n) is 7.73. The number of alkyl halides is 4. The summed E-state index contributed by atoms with van der Waals surface area (Å²) in [5.41, 5.74) is -0.729. The highest BCUT2D eigenvalue weighted by Crippen LogP contribution is 2.59. The Morgan fingerprint density at radius 3 is 1.62 bits per heavy atom. The van der Waals surface area contributed by atoms with Crippen LogP contribution in [0.2, 0.25) is 0 Å². The molecule has 0 spiro atoms. The van der Waals surface area contributed by atoms with Crippen molar-refractivity contribution in [2.24, 2.45) is 5.73 Å². The second-order valence-electron chi connectivity index (χ2n) is 11.6. The standard InChI is InChI=1S/C33H33F4N4O11P/c34-32(35,31(48)49)21-10-6-19(7-11-21)17-25(41-29(46)23(14-15-26(42)43)39-28(45)20-4-2-1-3-5-20)30(47)40-24(27(38)44)16-18-8-12-22(13-9-18)33(36,37)53(50,51)52/h1-13,23-25H,14-17H2,(H2,38,44)(H,39,45)(H,40,47)(H,41,46)(H,42,43)(H,48,49)(H2,50,51,52)/t23-,24?,25?/m0/s1. The summed E-state index contributed by atoms with van der Waals surface area (Å²) in [6.45, 7) is 0. The molecule has 0 radical (unpaired) electrons. The molecule has 0 aliphatic heterocycles. The van der Waals surface area contributed by atoms with Crippen LogP contribution in [0.3, 0.4) is 0 Å². The van der Waals surface area contributed by atoms with Crippen molar-refractivity contribution in [3.05, 3.63) is 107 Å². The van der Waals surface area contributed by atoms with E-state index in [1.807, 2.05) is 0 Å². The fourth-order valence-electron chi connectivity index (χ4n) is 4.80. The highest BCUT2D eigenvalue weighted by atomic mass is 31.2. The van der Waals surface area contributed by atoms with E-state index in [0.717, 1.165) is 36.4 Å². The summed E-state index contributed by atoms with van der Waals surface area (Å²) in [6, 6.07) is 9.67. The first-order valence-electron chi connectivity index (χ1n) is 15.3. The molecular formula is C33H33F4N4O11P. The lowest BCUT2D eigenvalue weighted by Crippen LogP contribution is -2.57. The maximum atomic E-state index is 14.1. The Hall–Kier alpha value is -5.65. The van der Waals surface area contributed by atoms with Crippen molar-refractivity contribution in [2.75, 3.05) is 0 Å². The molecule has 0 heterocycles. The van der Waals surface area contributed by atoms with Gasteiger partial charge in [-0.2, -0.15) is 17.6 Å². The van der Waals surface area contributed by atoms with Crippen molar-refractivity contribution >= 4 is 43.2 Å². The van der Waals surface area contributed by atoms with E-state index < -0.39 is 110 Å². The van der Waals surface area contributed by atoms with Gasteiger partial charge in [0.1, 0.15) is 18.1 Å². The molecule has 3 aromatic carbocycles. The molecule has 0 saturated carbocycles. The smallest absolute Gasteiger partial charge is 0.399 e. The molecule has 9 N–H and O–H groups in total. The van der Waals surface area contributed by atoms with E-state index in [4.69, 9.17) is 20.6 Å². The van der Waals surface area contributed by atoms with Gasteiger partial charge >= 0.3 is 31.1 Å². The van der Waals surface area contributed by atoms with Crippen LogP contribution in [0.4, 0.5) is 17.6 Å². The van der Waals surface area contributed by atoms with Crippen LogP contribution in [0.5, 0.6) is 0 Å². The predicted molar refractivity (Wildman–Crippen MR) is 175 cm³/mol. The molecule has 53 heavy (non-hydrogen) atoms. The molecule has 4 amide bonds. The van der Waals surface area contributed by atoms with Crippen LogP contribution in [0, 0.1) is 0 Å². The number of hydrogen-bond acceptors (Lipinski definition) is 7. The van der Waals surface area contributed by atoms with Gasteiger partial charge in [0.25, 0.3) is 5.91 Å². The first-order valence-corrected chi connectivity index (χ1v) is 17.0. The largest absolute Gasteiger partial charge is 0.481 e. The van der Waals surface area contributed by atoms with E-state index in [-0.39, 0.29) is 16.7 Å². The molecule has 3 rings (SSSR count). The lowest BCUT2D eigenvalue weighted by molar-refractivity contribution is -0.166. The van der Waals surface area contributed by atoms with Gasteiger partial charge in [0.05, 0.1) is 0 Å². The number of halogens is 4. The van der Waals surface area contributed by atoms with Crippen molar-refractivity contribution < 1.29 is 70.9 Å². The number of rotatable bonds is 18. The number of benzene rings is 3. The molecular weight excluding hydrogens is 735 g/mol. The van der Waals surface area contributed by atoms with E-state index in [0.29, 0.717) is 12.1 Å². The van der Waals surface area contributed by atoms with Crippen molar-refractivity contribution in [1.29, 1.82) is 0 Å². The average Bonchev–Trinajstić information content (AvgIpc) is 3.09. The summed E-state index contributed by atoms with van der Waals surface area (Å²) >= 11 is 0. The van der Waals surface area contributed by atoms with E-state index in [1.165, 1.54) is 24.3 Å². The SMILES string of the molecule is NC(=O)C(Cc1ccc(C(F)(F)P(=O)(O)O)cc1)NC(=O)C(Cc1ccc(C(F)(F)C(=O)O)cc1)NC(=O)[C@H](CCC(=O)O)NC(=O)c1ccccc1. The zero-order valence-electron chi connectivity index (χ0n) is 27.2. The topological polar surface area (TPSA) is 263 Å². The highest BCUT2D eigenvalue weighted by Gasteiger charge is 2.50. The summed E-state index contributed by atoms with van der Waals surface area (Å²) in [5.74, 6) is -12.1. The Morgan fingerprint density at radius 1 is 0.679 bits per heavy atom. The Morgan fingerprint density at radius 2 is 1.15 bits per heavy atom. The zero-order chi connectivity index (χ0) is 39.7. The fourth-order valence-corrected chi connectivity index (χ4v) is 5.28. The number of nitrogens with one attached hydrogen (secondary N) is 3. The molecule has 284 valence electrons. The number of aliphatic carboxylic acids is 2. The van der Waals surface area contributed by atoms with E-state index in [1.54, 1.807) is 6.07 Å². The molecule has 0 aliphatic rings. The monoisotopic (exact) mass is 768 g/mol. The molecule has 0 saturated heterocycles. The molecule has 0 aromatic heterocycles. The minimum absolute atomic E-state index is 0.0861. The van der Waals surface area contributed by atoms with Crippen LogP contribution < -0.4 is 21.7 Å². The fraction of sp³-hybridized carbons (Fsp3) is 0.273. The molecule has 0 bridgehead atoms. The van der Waals surface area contributed by atoms with E-state index in [2.05, 4.69) is 16.0 Å². The summed E-state index contributed by atoms with van der Waals surface area (Å²) in [5, 5.41) is 25.1. The van der Waals surface area contributed by atoms with Crippen LogP contribution in [-0.4, -0.2) is 73.7 Å². The minimum atomic E-state index is -5.89. The van der Waals surface area contributed by atoms with Gasteiger partial charge in [0, 0.05) is 36.0 Å². The second-order valence-corrected chi connectivity index (χ2v) is 13.3. The van der Waals surface area contributed by atoms with Crippen molar-refractivity contribution in [1.82, 2.24) is 16.0 Å². The summed E-state index contributed by atoms with van der Waals surface area (Å²) in [4.78, 5) is 92.6. The van der Waals surface area contributed by atoms with Crippen molar-refractivity contribution in [3.8, 4) is 0 Å². The average molecular weight is 769 g/mol. The van der Waals surface area contributed by atoms with Gasteiger partial charge in [-0.3, -0.25) is 28.5 Å². The normalized spacial score (nSPS) is 13.5. The second kappa shape index (κ2) is 17.2. The van der Waals surface area contributed by atoms with Crippen LogP contribution in [0.1, 0.15) is 45.5 Å². The molecule has 15 nitrogen and oxygen atoms in total. The third kappa shape index (κ3) is 11.2. The van der Waals surface area contributed by atoms with Gasteiger partial charge in [-0.05, 0) is 29.7 Å². The number of carboxylic acid groups (broad SMARTS) is 2. The summed E-state index contributed by atoms with van der Waals surface area (Å²) < 4.78 is 67.5. The maximum Gasteiger partial charge on any atom is 0.399 e. The van der Waals surface area contributed by atoms with E-state index >= 15 is 0 Å². The predicted octanol–water partition coefficient (Wildman–Crippen LogP) is 1.99. The minimum Gasteiger partial charge on any atom is -0.481 e. The number of carbonyl (C=O) groups excluding carboxylic acids is 4. The van der Waals surface area contributed by atoms with Gasteiger partial charge in [0.15, 0.2) is 0 Å². The van der Waals surface area contributed by atoms with Crippen LogP contribution in [0.25, 0.3) is 0 Å². The number of hydrogen-bond donors (Lipinski definition) is 8. The van der Waals surface area contributed by atoms with Crippen LogP contribution in [0.15, 0.2) is 78.9 Å². The molecule has 2 unspecified atom stereocenters. The van der Waals surface area contributed by atoms with Crippen molar-refractivity contribution in [2.45, 2.75) is 55.4 Å². The van der Waals surface area contributed by atoms with Gasteiger partial charge in [0.2, 0.25) is 17.7 Å². The maximum absolute atomic E-state index is 14.1. The molecule has 0 aliphatic carbocycles. The molecule has 20 heteroatoms. The van der Waals surface area contributed by atoms with Gasteiger partial charge < -0.3 is 41.7 Å². The Bertz CT molecular complexity index is 1880. The number of primary amides is 1. The van der Waals surface area contributed by atoms with Gasteiger partial charge in [-0.1, -0.05) is 66.7 Å².